The first-order valence-electron chi connectivity index (χ1n) is 12.8. The van der Waals surface area contributed by atoms with Gasteiger partial charge in [0.2, 0.25) is 11.8 Å². The molecule has 6 nitrogen and oxygen atoms in total. The Morgan fingerprint density at radius 2 is 1.67 bits per heavy atom. The number of carbonyl (C=O) groups excluding carboxylic acids is 2. The molecule has 3 aromatic rings. The van der Waals surface area contributed by atoms with E-state index in [4.69, 9.17) is 4.74 Å². The summed E-state index contributed by atoms with van der Waals surface area (Å²) in [6, 6.07) is 16.0. The third kappa shape index (κ3) is 7.87. The molecular formula is C30H41N3O3. The first-order chi connectivity index (χ1) is 17.1. The molecular weight excluding hydrogens is 450 g/mol. The van der Waals surface area contributed by atoms with Gasteiger partial charge in [0, 0.05) is 43.2 Å². The minimum absolute atomic E-state index is 0.0329. The molecule has 1 aromatic heterocycles. The van der Waals surface area contributed by atoms with E-state index in [-0.39, 0.29) is 29.7 Å². The zero-order valence-electron chi connectivity index (χ0n) is 22.6. The zero-order chi connectivity index (χ0) is 26.3. The van der Waals surface area contributed by atoms with Crippen LogP contribution in [0.4, 0.5) is 0 Å². The van der Waals surface area contributed by atoms with Gasteiger partial charge in [0.1, 0.15) is 5.75 Å². The number of rotatable bonds is 11. The summed E-state index contributed by atoms with van der Waals surface area (Å²) in [5, 5.41) is 1.18. The second-order valence-corrected chi connectivity index (χ2v) is 11.2. The Hall–Kier alpha value is -3.28. The Kier molecular flexibility index (Phi) is 9.19. The maximum atomic E-state index is 13.7. The fourth-order valence-corrected chi connectivity index (χ4v) is 4.36. The Bertz CT molecular complexity index is 1140. The number of ether oxygens (including phenoxy) is 1. The fraction of sp³-hybridized carbons (Fsp3) is 0.467. The number of hydrogen-bond donors (Lipinski definition) is 1. The third-order valence-electron chi connectivity index (χ3n) is 6.16. The highest BCUT2D eigenvalue weighted by Crippen LogP contribution is 2.22. The zero-order valence-corrected chi connectivity index (χ0v) is 22.6. The maximum Gasteiger partial charge on any atom is 0.242 e. The normalized spacial score (nSPS) is 11.6. The lowest BCUT2D eigenvalue weighted by molar-refractivity contribution is -0.142. The second kappa shape index (κ2) is 12.1. The lowest BCUT2D eigenvalue weighted by Crippen LogP contribution is -2.45. The molecule has 0 radical (unpaired) electrons. The summed E-state index contributed by atoms with van der Waals surface area (Å²) in [7, 11) is 1.64. The number of aromatic nitrogens is 1. The average molecular weight is 492 g/mol. The molecule has 0 saturated carbocycles. The highest BCUT2D eigenvalue weighted by Gasteiger charge is 2.26. The quantitative estimate of drug-likeness (QED) is 0.376. The van der Waals surface area contributed by atoms with E-state index in [1.54, 1.807) is 12.0 Å². The van der Waals surface area contributed by atoms with Crippen LogP contribution in [0, 0.1) is 11.3 Å². The van der Waals surface area contributed by atoms with Crippen molar-refractivity contribution in [2.75, 3.05) is 26.7 Å². The number of H-pyrrole nitrogens is 1. The van der Waals surface area contributed by atoms with E-state index in [9.17, 15) is 9.59 Å². The molecule has 0 bridgehead atoms. The van der Waals surface area contributed by atoms with Crippen LogP contribution < -0.4 is 4.74 Å². The minimum atomic E-state index is -0.131. The van der Waals surface area contributed by atoms with Gasteiger partial charge in [-0.2, -0.15) is 0 Å². The third-order valence-corrected chi connectivity index (χ3v) is 6.16. The first kappa shape index (κ1) is 27.3. The van der Waals surface area contributed by atoms with Gasteiger partial charge in [0.05, 0.1) is 13.7 Å². The molecule has 1 heterocycles. The summed E-state index contributed by atoms with van der Waals surface area (Å²) in [6.45, 7) is 12.0. The van der Waals surface area contributed by atoms with Crippen LogP contribution in [0.25, 0.3) is 10.9 Å². The molecule has 1 N–H and O–H groups in total. The van der Waals surface area contributed by atoms with Crippen LogP contribution in [-0.2, 0) is 22.6 Å². The lowest BCUT2D eigenvalue weighted by atomic mass is 9.91. The van der Waals surface area contributed by atoms with E-state index in [1.165, 1.54) is 10.9 Å². The van der Waals surface area contributed by atoms with Gasteiger partial charge in [0.15, 0.2) is 0 Å². The molecule has 6 heteroatoms. The molecule has 0 aliphatic rings. The van der Waals surface area contributed by atoms with E-state index < -0.39 is 0 Å². The van der Waals surface area contributed by atoms with Gasteiger partial charge in [-0.3, -0.25) is 9.59 Å². The van der Waals surface area contributed by atoms with Crippen LogP contribution in [0.1, 0.15) is 52.2 Å². The number of benzene rings is 2. The van der Waals surface area contributed by atoms with E-state index >= 15 is 0 Å². The Morgan fingerprint density at radius 1 is 0.972 bits per heavy atom. The van der Waals surface area contributed by atoms with Gasteiger partial charge in [-0.25, -0.2) is 0 Å². The Balaban J connectivity index is 1.80. The largest absolute Gasteiger partial charge is 0.497 e. The number of fused-ring (bicyclic) bond motifs is 1. The van der Waals surface area contributed by atoms with Gasteiger partial charge in [-0.1, -0.05) is 65.0 Å². The van der Waals surface area contributed by atoms with Crippen molar-refractivity contribution in [3.8, 4) is 5.75 Å². The van der Waals surface area contributed by atoms with Gasteiger partial charge < -0.3 is 19.5 Å². The van der Waals surface area contributed by atoms with E-state index in [1.807, 2.05) is 47.5 Å². The maximum absolute atomic E-state index is 13.7. The van der Waals surface area contributed by atoms with Crippen molar-refractivity contribution >= 4 is 22.7 Å². The summed E-state index contributed by atoms with van der Waals surface area (Å²) < 4.78 is 5.29. The molecule has 0 aliphatic heterocycles. The van der Waals surface area contributed by atoms with Crippen LogP contribution in [0.5, 0.6) is 5.75 Å². The summed E-state index contributed by atoms with van der Waals surface area (Å²) in [6.07, 6.45) is 3.17. The molecule has 0 atom stereocenters. The van der Waals surface area contributed by atoms with Gasteiger partial charge in [0.25, 0.3) is 0 Å². The molecule has 0 aliphatic carbocycles. The molecule has 0 spiro atoms. The van der Waals surface area contributed by atoms with Crippen molar-refractivity contribution in [3.05, 3.63) is 65.9 Å². The molecule has 0 saturated heterocycles. The van der Waals surface area contributed by atoms with Crippen LogP contribution in [0.15, 0.2) is 54.7 Å². The standard InChI is InChI=1S/C30H41N3O3/c1-22(2)19-33(28(34)17-30(3,4)5)21-29(35)32(20-23-11-13-25(36-6)14-12-23)16-15-24-18-31-27-10-8-7-9-26(24)27/h7-14,18,22,31H,15-17,19-21H2,1-6H3. The minimum Gasteiger partial charge on any atom is -0.497 e. The number of nitrogens with zero attached hydrogens (tertiary/aromatic N) is 2. The number of aromatic amines is 1. The van der Waals surface area contributed by atoms with Crippen molar-refractivity contribution < 1.29 is 14.3 Å². The Morgan fingerprint density at radius 3 is 2.31 bits per heavy atom. The van der Waals surface area contributed by atoms with Crippen molar-refractivity contribution in [2.45, 2.75) is 54.0 Å². The number of methoxy groups -OCH3 is 1. The van der Waals surface area contributed by atoms with Crippen molar-refractivity contribution in [1.82, 2.24) is 14.8 Å². The van der Waals surface area contributed by atoms with Gasteiger partial charge in [-0.05, 0) is 47.1 Å². The summed E-state index contributed by atoms with van der Waals surface area (Å²) in [5.74, 6) is 1.06. The second-order valence-electron chi connectivity index (χ2n) is 11.2. The number of para-hydroxylation sites is 1. The molecule has 0 unspecified atom stereocenters. The molecule has 36 heavy (non-hydrogen) atoms. The highest BCUT2D eigenvalue weighted by molar-refractivity contribution is 5.85. The first-order valence-corrected chi connectivity index (χ1v) is 12.8. The molecule has 2 aromatic carbocycles. The van der Waals surface area contributed by atoms with E-state index in [0.29, 0.717) is 26.1 Å². The van der Waals surface area contributed by atoms with Gasteiger partial charge >= 0.3 is 0 Å². The summed E-state index contributed by atoms with van der Waals surface area (Å²) in [4.78, 5) is 33.7. The lowest BCUT2D eigenvalue weighted by Gasteiger charge is -2.30. The fourth-order valence-electron chi connectivity index (χ4n) is 4.36. The number of nitrogens with one attached hydrogen (secondary N) is 1. The summed E-state index contributed by atoms with van der Waals surface area (Å²) in [5.41, 5.74) is 3.17. The molecule has 194 valence electrons. The van der Waals surface area contributed by atoms with Crippen LogP contribution in [-0.4, -0.2) is 53.3 Å². The van der Waals surface area contributed by atoms with E-state index in [0.717, 1.165) is 23.3 Å². The average Bonchev–Trinajstić information content (AvgIpc) is 3.23. The molecule has 3 rings (SSSR count). The monoisotopic (exact) mass is 491 g/mol. The van der Waals surface area contributed by atoms with Crippen LogP contribution in [0.2, 0.25) is 0 Å². The Labute approximate surface area is 215 Å². The number of hydrogen-bond acceptors (Lipinski definition) is 3. The molecule has 0 fully saturated rings. The van der Waals surface area contributed by atoms with E-state index in [2.05, 4.69) is 51.7 Å². The molecule has 2 amide bonds. The number of carbonyl (C=O) groups is 2. The predicted molar refractivity (Wildman–Crippen MR) is 146 cm³/mol. The highest BCUT2D eigenvalue weighted by atomic mass is 16.5. The SMILES string of the molecule is COc1ccc(CN(CCc2c[nH]c3ccccc23)C(=O)CN(CC(C)C)C(=O)CC(C)(C)C)cc1. The predicted octanol–water partition coefficient (Wildman–Crippen LogP) is 5.67. The summed E-state index contributed by atoms with van der Waals surface area (Å²) >= 11 is 0. The van der Waals surface area contributed by atoms with Crippen LogP contribution in [0.3, 0.4) is 0 Å². The van der Waals surface area contributed by atoms with Gasteiger partial charge in [-0.15, -0.1) is 0 Å². The topological polar surface area (TPSA) is 65.6 Å². The van der Waals surface area contributed by atoms with Crippen molar-refractivity contribution in [1.29, 1.82) is 0 Å². The smallest absolute Gasteiger partial charge is 0.242 e. The van der Waals surface area contributed by atoms with Crippen molar-refractivity contribution in [3.63, 3.8) is 0 Å². The van der Waals surface area contributed by atoms with Crippen molar-refractivity contribution in [2.24, 2.45) is 11.3 Å². The number of amides is 2. The van der Waals surface area contributed by atoms with Crippen LogP contribution >= 0.6 is 0 Å².